The fourth-order valence-electron chi connectivity index (χ4n) is 7.44. The van der Waals surface area contributed by atoms with E-state index in [9.17, 15) is 14.7 Å². The molecule has 0 aromatic carbocycles. The first-order valence-electron chi connectivity index (χ1n) is 12.8. The Bertz CT molecular complexity index is 842. The van der Waals surface area contributed by atoms with Crippen molar-refractivity contribution in [2.24, 2.45) is 23.5 Å². The molecule has 1 amide bonds. The molecule has 0 radical (unpaired) electrons. The highest BCUT2D eigenvalue weighted by Crippen LogP contribution is 2.47. The van der Waals surface area contributed by atoms with Crippen molar-refractivity contribution in [1.29, 1.82) is 0 Å². The zero-order valence-corrected chi connectivity index (χ0v) is 19.4. The van der Waals surface area contributed by atoms with Gasteiger partial charge in [-0.15, -0.1) is 0 Å². The highest BCUT2D eigenvalue weighted by Gasteiger charge is 2.57. The second kappa shape index (κ2) is 8.95. The Morgan fingerprint density at radius 1 is 1.03 bits per heavy atom. The number of esters is 1. The normalized spacial score (nSPS) is 31.5. The highest BCUT2D eigenvalue weighted by molar-refractivity contribution is 5.81. The van der Waals surface area contributed by atoms with E-state index in [1.807, 2.05) is 0 Å². The monoisotopic (exact) mass is 457 g/mol. The minimum absolute atomic E-state index is 0.00436. The van der Waals surface area contributed by atoms with Gasteiger partial charge in [-0.25, -0.2) is 4.79 Å². The summed E-state index contributed by atoms with van der Waals surface area (Å²) in [5.41, 5.74) is 5.08. The van der Waals surface area contributed by atoms with Crippen LogP contribution in [0.5, 0.6) is 0 Å². The Kier molecular flexibility index (Phi) is 6.16. The van der Waals surface area contributed by atoms with Gasteiger partial charge < -0.3 is 20.1 Å². The van der Waals surface area contributed by atoms with Crippen molar-refractivity contribution in [3.8, 4) is 0 Å². The van der Waals surface area contributed by atoms with Gasteiger partial charge in [0.1, 0.15) is 12.2 Å². The summed E-state index contributed by atoms with van der Waals surface area (Å²) in [5, 5.41) is 11.8. The van der Waals surface area contributed by atoms with Crippen LogP contribution in [0.25, 0.3) is 0 Å². The third-order valence-corrected chi connectivity index (χ3v) is 9.18. The quantitative estimate of drug-likeness (QED) is 0.479. The molecule has 6 rings (SSSR count). The standard InChI is InChI=1S/C25H36N4O4/c26-23(30)22(20-15-27-11-12-28-20)29-13-9-17(10-14-29)21(16-29)33-24(31)25(32,18-5-1-2-6-18)19-7-3-4-8-19/h11-12,15,17-19,21-22,32H,1-10,13-14,16H2,(H-,26,30)/p+1/t17?,21-,22?,29?/m0/s1. The third kappa shape index (κ3) is 3.95. The maximum Gasteiger partial charge on any atom is 0.339 e. The Morgan fingerprint density at radius 3 is 2.15 bits per heavy atom. The highest BCUT2D eigenvalue weighted by atomic mass is 16.6. The molecule has 5 aliphatic rings. The van der Waals surface area contributed by atoms with Gasteiger partial charge in [-0.2, -0.15) is 0 Å². The van der Waals surface area contributed by atoms with Gasteiger partial charge in [-0.3, -0.25) is 14.8 Å². The Hall–Kier alpha value is -2.06. The van der Waals surface area contributed by atoms with E-state index in [0.717, 1.165) is 77.3 Å². The zero-order valence-electron chi connectivity index (χ0n) is 19.4. The average molecular weight is 458 g/mol. The molecule has 2 saturated carbocycles. The number of quaternary nitrogens is 1. The predicted molar refractivity (Wildman–Crippen MR) is 120 cm³/mol. The molecule has 3 aliphatic heterocycles. The molecule has 3 N–H and O–H groups in total. The molecule has 1 unspecified atom stereocenters. The summed E-state index contributed by atoms with van der Waals surface area (Å²) in [4.78, 5) is 34.8. The fraction of sp³-hybridized carbons (Fsp3) is 0.760. The van der Waals surface area contributed by atoms with Crippen LogP contribution in [0.1, 0.15) is 75.9 Å². The molecule has 8 heteroatoms. The number of amides is 1. The Labute approximate surface area is 195 Å². The van der Waals surface area contributed by atoms with Crippen molar-refractivity contribution in [2.45, 2.75) is 82.0 Å². The van der Waals surface area contributed by atoms with Crippen LogP contribution in [-0.4, -0.2) is 62.8 Å². The number of aliphatic hydroxyl groups is 1. The summed E-state index contributed by atoms with van der Waals surface area (Å²) < 4.78 is 6.67. The molecule has 5 fully saturated rings. The summed E-state index contributed by atoms with van der Waals surface area (Å²) >= 11 is 0. The van der Waals surface area contributed by atoms with Crippen LogP contribution < -0.4 is 5.73 Å². The molecular formula is C25H37N4O4+. The second-order valence-corrected chi connectivity index (χ2v) is 10.9. The molecule has 4 heterocycles. The lowest BCUT2D eigenvalue weighted by Gasteiger charge is -2.54. The van der Waals surface area contributed by atoms with Gasteiger partial charge in [-0.1, -0.05) is 25.7 Å². The van der Waals surface area contributed by atoms with Gasteiger partial charge in [0.2, 0.25) is 6.04 Å². The van der Waals surface area contributed by atoms with E-state index in [1.54, 1.807) is 18.6 Å². The number of primary amides is 1. The van der Waals surface area contributed by atoms with E-state index in [2.05, 4.69) is 9.97 Å². The van der Waals surface area contributed by atoms with Gasteiger partial charge in [0, 0.05) is 31.2 Å². The van der Waals surface area contributed by atoms with Gasteiger partial charge in [-0.05, 0) is 37.5 Å². The second-order valence-electron chi connectivity index (χ2n) is 10.9. The van der Waals surface area contributed by atoms with E-state index in [4.69, 9.17) is 10.5 Å². The minimum Gasteiger partial charge on any atom is -0.454 e. The maximum absolute atomic E-state index is 13.7. The lowest BCUT2D eigenvalue weighted by Crippen LogP contribution is -2.68. The molecule has 2 atom stereocenters. The first-order chi connectivity index (χ1) is 15.9. The molecule has 3 saturated heterocycles. The summed E-state index contributed by atoms with van der Waals surface area (Å²) in [6, 6.07) is -0.607. The van der Waals surface area contributed by atoms with Crippen molar-refractivity contribution in [3.63, 3.8) is 0 Å². The predicted octanol–water partition coefficient (Wildman–Crippen LogP) is 2.27. The largest absolute Gasteiger partial charge is 0.454 e. The van der Waals surface area contributed by atoms with E-state index < -0.39 is 23.5 Å². The first kappa shape index (κ1) is 22.7. The number of rotatable bonds is 7. The number of carbonyl (C=O) groups excluding carboxylic acids is 2. The summed E-state index contributed by atoms with van der Waals surface area (Å²) in [6.07, 6.45) is 14.1. The summed E-state index contributed by atoms with van der Waals surface area (Å²) in [7, 11) is 0. The van der Waals surface area contributed by atoms with Crippen LogP contribution in [0.15, 0.2) is 18.6 Å². The number of hydrogen-bond acceptors (Lipinski definition) is 6. The van der Waals surface area contributed by atoms with Crippen LogP contribution in [-0.2, 0) is 14.3 Å². The van der Waals surface area contributed by atoms with Gasteiger partial charge in [0.05, 0.1) is 19.3 Å². The van der Waals surface area contributed by atoms with E-state index >= 15 is 0 Å². The van der Waals surface area contributed by atoms with Crippen LogP contribution >= 0.6 is 0 Å². The van der Waals surface area contributed by atoms with Gasteiger partial charge in [0.15, 0.2) is 11.7 Å². The van der Waals surface area contributed by atoms with Crippen molar-refractivity contribution < 1.29 is 23.9 Å². The SMILES string of the molecule is NC(=O)C(c1cnccn1)[N+]12CCC(CC1)[C@@H](OC(=O)C(O)(C1CCCC1)C1CCCC1)C2. The van der Waals surface area contributed by atoms with Crippen LogP contribution in [0.3, 0.4) is 0 Å². The molecule has 1 aromatic heterocycles. The van der Waals surface area contributed by atoms with Crippen molar-refractivity contribution in [3.05, 3.63) is 24.3 Å². The molecule has 1 aromatic rings. The average Bonchev–Trinajstić information content (AvgIpc) is 3.55. The van der Waals surface area contributed by atoms with E-state index in [1.165, 1.54) is 0 Å². The van der Waals surface area contributed by atoms with Crippen molar-refractivity contribution >= 4 is 11.9 Å². The number of fused-ring (bicyclic) bond motifs is 3. The van der Waals surface area contributed by atoms with Gasteiger partial charge in [0.25, 0.3) is 5.91 Å². The fourth-order valence-corrected chi connectivity index (χ4v) is 7.44. The molecule has 33 heavy (non-hydrogen) atoms. The molecule has 0 spiro atoms. The number of hydrogen-bond donors (Lipinski definition) is 2. The smallest absolute Gasteiger partial charge is 0.339 e. The number of aromatic nitrogens is 2. The molecule has 2 aliphatic carbocycles. The molecule has 8 nitrogen and oxygen atoms in total. The third-order valence-electron chi connectivity index (χ3n) is 9.18. The topological polar surface area (TPSA) is 115 Å². The van der Waals surface area contributed by atoms with Crippen LogP contribution in [0.4, 0.5) is 0 Å². The van der Waals surface area contributed by atoms with Crippen LogP contribution in [0.2, 0.25) is 0 Å². The number of nitrogens with two attached hydrogens (primary N) is 1. The van der Waals surface area contributed by atoms with Gasteiger partial charge >= 0.3 is 5.97 Å². The minimum atomic E-state index is -1.38. The molecular weight excluding hydrogens is 420 g/mol. The van der Waals surface area contributed by atoms with Crippen molar-refractivity contribution in [2.75, 3.05) is 19.6 Å². The number of carbonyl (C=O) groups is 2. The van der Waals surface area contributed by atoms with Crippen molar-refractivity contribution in [1.82, 2.24) is 9.97 Å². The summed E-state index contributed by atoms with van der Waals surface area (Å²) in [6.45, 7) is 2.14. The van der Waals surface area contributed by atoms with Crippen LogP contribution in [0, 0.1) is 17.8 Å². The maximum atomic E-state index is 13.7. The Balaban J connectivity index is 1.38. The summed E-state index contributed by atoms with van der Waals surface area (Å²) in [5.74, 6) is -0.589. The zero-order chi connectivity index (χ0) is 23.1. The van der Waals surface area contributed by atoms with E-state index in [-0.39, 0.29) is 23.9 Å². The first-order valence-corrected chi connectivity index (χ1v) is 12.8. The Morgan fingerprint density at radius 2 is 1.64 bits per heavy atom. The van der Waals surface area contributed by atoms with E-state index in [0.29, 0.717) is 16.7 Å². The number of nitrogens with zero attached hydrogens (tertiary/aromatic N) is 3. The number of ether oxygens (including phenoxy) is 1. The molecule has 2 bridgehead atoms. The number of piperidine rings is 3. The molecule has 180 valence electrons. The lowest BCUT2D eigenvalue weighted by atomic mass is 9.74. The lowest BCUT2D eigenvalue weighted by molar-refractivity contribution is -0.965.